The Bertz CT molecular complexity index is 1310. The first kappa shape index (κ1) is 19.8. The summed E-state index contributed by atoms with van der Waals surface area (Å²) < 4.78 is 2.03. The van der Waals surface area contributed by atoms with E-state index in [2.05, 4.69) is 11.4 Å². The summed E-state index contributed by atoms with van der Waals surface area (Å²) in [7, 11) is 0. The van der Waals surface area contributed by atoms with Crippen LogP contribution in [0.15, 0.2) is 53.7 Å². The SMILES string of the molecule is N#CC1(NC(=O)CSc2nc3ccccc3c3nc4ccccc4n23)CCCCCC1. The van der Waals surface area contributed by atoms with E-state index in [-0.39, 0.29) is 11.7 Å². The van der Waals surface area contributed by atoms with E-state index in [9.17, 15) is 10.1 Å². The Hall–Kier alpha value is -3.11. The number of hydrogen-bond donors (Lipinski definition) is 1. The Morgan fingerprint density at radius 2 is 1.74 bits per heavy atom. The zero-order valence-corrected chi connectivity index (χ0v) is 18.0. The van der Waals surface area contributed by atoms with Crippen LogP contribution in [-0.4, -0.2) is 31.6 Å². The lowest BCUT2D eigenvalue weighted by Crippen LogP contribution is -2.47. The zero-order valence-electron chi connectivity index (χ0n) is 17.2. The first-order valence-electron chi connectivity index (χ1n) is 10.7. The number of amides is 1. The molecule has 7 heteroatoms. The Morgan fingerprint density at radius 3 is 2.52 bits per heavy atom. The highest BCUT2D eigenvalue weighted by atomic mass is 32.2. The number of fused-ring (bicyclic) bond motifs is 5. The Labute approximate surface area is 184 Å². The third-order valence-corrected chi connectivity index (χ3v) is 6.93. The summed E-state index contributed by atoms with van der Waals surface area (Å²) in [4.78, 5) is 22.5. The molecule has 1 N–H and O–H groups in total. The fourth-order valence-corrected chi connectivity index (χ4v) is 5.25. The lowest BCUT2D eigenvalue weighted by atomic mass is 9.92. The number of carbonyl (C=O) groups excluding carboxylic acids is 1. The smallest absolute Gasteiger partial charge is 0.231 e. The van der Waals surface area contributed by atoms with Gasteiger partial charge in [0.05, 0.1) is 28.4 Å². The summed E-state index contributed by atoms with van der Waals surface area (Å²) in [5.74, 6) is 0.0806. The van der Waals surface area contributed by atoms with Crippen molar-refractivity contribution in [1.82, 2.24) is 19.7 Å². The summed E-state index contributed by atoms with van der Waals surface area (Å²) in [6.45, 7) is 0. The van der Waals surface area contributed by atoms with E-state index in [1.165, 1.54) is 11.8 Å². The van der Waals surface area contributed by atoms with Gasteiger partial charge in [-0.2, -0.15) is 5.26 Å². The van der Waals surface area contributed by atoms with Crippen LogP contribution in [-0.2, 0) is 4.79 Å². The number of hydrogen-bond acceptors (Lipinski definition) is 5. The molecule has 0 atom stereocenters. The molecule has 156 valence electrons. The minimum atomic E-state index is -0.734. The predicted molar refractivity (Wildman–Crippen MR) is 123 cm³/mol. The minimum Gasteiger partial charge on any atom is -0.337 e. The van der Waals surface area contributed by atoms with Crippen LogP contribution in [0.25, 0.3) is 27.6 Å². The summed E-state index contributed by atoms with van der Waals surface area (Å²) in [6, 6.07) is 18.3. The Balaban J connectivity index is 1.47. The average molecular weight is 430 g/mol. The van der Waals surface area contributed by atoms with Crippen molar-refractivity contribution in [1.29, 1.82) is 5.26 Å². The van der Waals surface area contributed by atoms with Gasteiger partial charge in [-0.1, -0.05) is 61.7 Å². The normalized spacial score (nSPS) is 16.2. The van der Waals surface area contributed by atoms with Crippen LogP contribution in [0.5, 0.6) is 0 Å². The molecule has 2 heterocycles. The molecule has 1 aliphatic rings. The predicted octanol–water partition coefficient (Wildman–Crippen LogP) is 4.86. The number of imidazole rings is 1. The minimum absolute atomic E-state index is 0.124. The first-order chi connectivity index (χ1) is 15.2. The number of nitrogens with one attached hydrogen (secondary N) is 1. The maximum Gasteiger partial charge on any atom is 0.231 e. The van der Waals surface area contributed by atoms with Crippen LogP contribution in [0.4, 0.5) is 0 Å². The number of para-hydroxylation sites is 3. The second kappa shape index (κ2) is 8.20. The van der Waals surface area contributed by atoms with Crippen molar-refractivity contribution in [2.45, 2.75) is 49.2 Å². The molecule has 0 spiro atoms. The van der Waals surface area contributed by atoms with Gasteiger partial charge in [0, 0.05) is 5.39 Å². The van der Waals surface area contributed by atoms with Gasteiger partial charge in [0.25, 0.3) is 0 Å². The molecule has 31 heavy (non-hydrogen) atoms. The Kier molecular flexibility index (Phi) is 5.24. The molecule has 5 rings (SSSR count). The molecule has 0 aliphatic heterocycles. The van der Waals surface area contributed by atoms with Crippen molar-refractivity contribution < 1.29 is 4.79 Å². The van der Waals surface area contributed by atoms with E-state index >= 15 is 0 Å². The highest BCUT2D eigenvalue weighted by molar-refractivity contribution is 7.99. The molecular weight excluding hydrogens is 406 g/mol. The summed E-state index contributed by atoms with van der Waals surface area (Å²) in [5, 5.41) is 14.5. The highest BCUT2D eigenvalue weighted by Crippen LogP contribution is 2.30. The number of nitrogens with zero attached hydrogens (tertiary/aromatic N) is 4. The van der Waals surface area contributed by atoms with Crippen molar-refractivity contribution >= 4 is 45.3 Å². The molecule has 1 saturated carbocycles. The molecule has 0 radical (unpaired) electrons. The van der Waals surface area contributed by atoms with E-state index in [1.54, 1.807) is 0 Å². The van der Waals surface area contributed by atoms with Crippen LogP contribution in [0, 0.1) is 11.3 Å². The fraction of sp³-hybridized carbons (Fsp3) is 0.333. The number of thioether (sulfide) groups is 1. The topological polar surface area (TPSA) is 83.1 Å². The van der Waals surface area contributed by atoms with Gasteiger partial charge < -0.3 is 5.32 Å². The standard InChI is InChI=1S/C24H23N5OS/c25-16-24(13-7-1-2-8-14-24)28-21(30)15-31-23-27-18-10-4-3-9-17(18)22-26-19-11-5-6-12-20(19)29(22)23/h3-6,9-12H,1-2,7-8,13-15H2,(H,28,30). The molecule has 1 fully saturated rings. The van der Waals surface area contributed by atoms with Gasteiger partial charge >= 0.3 is 0 Å². The molecular formula is C24H23N5OS. The van der Waals surface area contributed by atoms with Gasteiger partial charge in [0.15, 0.2) is 5.16 Å². The van der Waals surface area contributed by atoms with E-state index in [4.69, 9.17) is 9.97 Å². The van der Waals surface area contributed by atoms with Crippen molar-refractivity contribution in [2.75, 3.05) is 5.75 Å². The number of aromatic nitrogens is 3. The number of rotatable bonds is 4. The quantitative estimate of drug-likeness (QED) is 0.285. The van der Waals surface area contributed by atoms with E-state index < -0.39 is 5.54 Å². The Morgan fingerprint density at radius 1 is 1.03 bits per heavy atom. The maximum atomic E-state index is 12.8. The highest BCUT2D eigenvalue weighted by Gasteiger charge is 2.32. The van der Waals surface area contributed by atoms with Crippen LogP contribution < -0.4 is 5.32 Å². The molecule has 0 unspecified atom stereocenters. The largest absolute Gasteiger partial charge is 0.337 e. The second-order valence-electron chi connectivity index (χ2n) is 8.12. The number of carbonyl (C=O) groups is 1. The van der Waals surface area contributed by atoms with Gasteiger partial charge in [-0.3, -0.25) is 9.20 Å². The molecule has 0 bridgehead atoms. The van der Waals surface area contributed by atoms with Crippen molar-refractivity contribution in [3.8, 4) is 6.07 Å². The van der Waals surface area contributed by atoms with Crippen LogP contribution in [0.1, 0.15) is 38.5 Å². The third-order valence-electron chi connectivity index (χ3n) is 6.00. The fourth-order valence-electron chi connectivity index (χ4n) is 4.44. The lowest BCUT2D eigenvalue weighted by Gasteiger charge is -2.26. The molecule has 2 aromatic carbocycles. The average Bonchev–Trinajstić information content (AvgIpc) is 3.04. The van der Waals surface area contributed by atoms with Crippen molar-refractivity contribution in [3.63, 3.8) is 0 Å². The van der Waals surface area contributed by atoms with Crippen molar-refractivity contribution in [3.05, 3.63) is 48.5 Å². The lowest BCUT2D eigenvalue weighted by molar-refractivity contribution is -0.120. The summed E-state index contributed by atoms with van der Waals surface area (Å²) in [6.07, 6.45) is 5.67. The van der Waals surface area contributed by atoms with Crippen molar-refractivity contribution in [2.24, 2.45) is 0 Å². The number of nitriles is 1. The number of benzene rings is 2. The van der Waals surface area contributed by atoms with Gasteiger partial charge in [-0.15, -0.1) is 0 Å². The second-order valence-corrected chi connectivity index (χ2v) is 9.06. The summed E-state index contributed by atoms with van der Waals surface area (Å²) >= 11 is 1.39. The molecule has 2 aromatic heterocycles. The van der Waals surface area contributed by atoms with E-state index in [0.717, 1.165) is 71.3 Å². The van der Waals surface area contributed by atoms with E-state index in [0.29, 0.717) is 0 Å². The summed E-state index contributed by atoms with van der Waals surface area (Å²) in [5.41, 5.74) is 2.82. The van der Waals surface area contributed by atoms with E-state index in [1.807, 2.05) is 52.9 Å². The van der Waals surface area contributed by atoms with Gasteiger partial charge in [0.1, 0.15) is 11.2 Å². The van der Waals surface area contributed by atoms with Gasteiger partial charge in [-0.25, -0.2) is 9.97 Å². The molecule has 6 nitrogen and oxygen atoms in total. The van der Waals surface area contributed by atoms with Crippen LogP contribution >= 0.6 is 11.8 Å². The molecule has 1 aliphatic carbocycles. The molecule has 1 amide bonds. The molecule has 0 saturated heterocycles. The monoisotopic (exact) mass is 429 g/mol. The zero-order chi connectivity index (χ0) is 21.3. The first-order valence-corrected chi connectivity index (χ1v) is 11.7. The van der Waals surface area contributed by atoms with Gasteiger partial charge in [0.2, 0.25) is 5.91 Å². The third kappa shape index (κ3) is 3.72. The van der Waals surface area contributed by atoms with Crippen LogP contribution in [0.3, 0.4) is 0 Å². The molecule has 4 aromatic rings. The van der Waals surface area contributed by atoms with Gasteiger partial charge in [-0.05, 0) is 37.1 Å². The van der Waals surface area contributed by atoms with Crippen LogP contribution in [0.2, 0.25) is 0 Å². The maximum absolute atomic E-state index is 12.8.